The normalized spacial score (nSPS) is 11.9. The zero-order valence-electron chi connectivity index (χ0n) is 17.9. The van der Waals surface area contributed by atoms with E-state index in [1.165, 1.54) is 17.8 Å². The van der Waals surface area contributed by atoms with Crippen LogP contribution in [0.3, 0.4) is 0 Å². The Hall–Kier alpha value is -2.34. The van der Waals surface area contributed by atoms with Crippen molar-refractivity contribution in [2.45, 2.75) is 51.4 Å². The molecule has 0 aliphatic carbocycles. The van der Waals surface area contributed by atoms with Gasteiger partial charge in [0.15, 0.2) is 0 Å². The van der Waals surface area contributed by atoms with Crippen molar-refractivity contribution in [3.05, 3.63) is 71.5 Å². The van der Waals surface area contributed by atoms with Crippen molar-refractivity contribution in [3.8, 4) is 0 Å². The number of hydrogen-bond acceptors (Lipinski definition) is 3. The Labute approximate surface area is 183 Å². The fourth-order valence-corrected chi connectivity index (χ4v) is 4.12. The molecule has 4 nitrogen and oxygen atoms in total. The molecule has 0 heterocycles. The van der Waals surface area contributed by atoms with Gasteiger partial charge in [0, 0.05) is 18.3 Å². The van der Waals surface area contributed by atoms with Gasteiger partial charge in [-0.05, 0) is 43.9 Å². The Bertz CT molecular complexity index is 814. The molecule has 0 unspecified atom stereocenters. The number of nitrogens with zero attached hydrogens (tertiary/aromatic N) is 1. The number of thioether (sulfide) groups is 1. The van der Waals surface area contributed by atoms with Crippen LogP contribution in [-0.2, 0) is 21.8 Å². The average molecular weight is 431 g/mol. The molecule has 0 bridgehead atoms. The molecule has 1 atom stereocenters. The summed E-state index contributed by atoms with van der Waals surface area (Å²) in [6.07, 6.45) is 1.22. The first-order valence-electron chi connectivity index (χ1n) is 10.4. The predicted octanol–water partition coefficient (Wildman–Crippen LogP) is 4.43. The van der Waals surface area contributed by atoms with Crippen LogP contribution in [0, 0.1) is 5.82 Å². The summed E-state index contributed by atoms with van der Waals surface area (Å²) in [5.41, 5.74) is 1.70. The molecule has 0 aromatic heterocycles. The lowest BCUT2D eigenvalue weighted by atomic mass is 10.1. The van der Waals surface area contributed by atoms with Crippen LogP contribution in [0.2, 0.25) is 0 Å². The van der Waals surface area contributed by atoms with Crippen LogP contribution in [0.5, 0.6) is 0 Å². The number of carbonyl (C=O) groups excluding carboxylic acids is 2. The van der Waals surface area contributed by atoms with E-state index in [-0.39, 0.29) is 29.4 Å². The minimum Gasteiger partial charge on any atom is -0.352 e. The molecule has 2 aromatic carbocycles. The van der Waals surface area contributed by atoms with Gasteiger partial charge in [0.25, 0.3) is 0 Å². The van der Waals surface area contributed by atoms with E-state index in [1.807, 2.05) is 51.1 Å². The van der Waals surface area contributed by atoms with Crippen LogP contribution in [0.1, 0.15) is 38.3 Å². The SMILES string of the molecule is CC[C@@H](C(=O)NC(C)C)N(CCc1ccccc1)C(=O)CSCc1ccccc1F. The topological polar surface area (TPSA) is 49.4 Å². The van der Waals surface area contributed by atoms with Gasteiger partial charge in [0.2, 0.25) is 11.8 Å². The molecule has 2 amide bonds. The quantitative estimate of drug-likeness (QED) is 0.574. The Morgan fingerprint density at radius 3 is 2.37 bits per heavy atom. The highest BCUT2D eigenvalue weighted by Gasteiger charge is 2.28. The second-order valence-corrected chi connectivity index (χ2v) is 8.48. The Kier molecular flexibility index (Phi) is 9.87. The highest BCUT2D eigenvalue weighted by Crippen LogP contribution is 2.17. The van der Waals surface area contributed by atoms with Gasteiger partial charge >= 0.3 is 0 Å². The zero-order chi connectivity index (χ0) is 21.9. The van der Waals surface area contributed by atoms with Gasteiger partial charge in [-0.1, -0.05) is 55.5 Å². The van der Waals surface area contributed by atoms with Gasteiger partial charge in [-0.3, -0.25) is 9.59 Å². The number of nitrogens with one attached hydrogen (secondary N) is 1. The van der Waals surface area contributed by atoms with E-state index >= 15 is 0 Å². The second kappa shape index (κ2) is 12.4. The molecule has 0 saturated carbocycles. The number of hydrogen-bond donors (Lipinski definition) is 1. The van der Waals surface area contributed by atoms with Crippen molar-refractivity contribution in [2.24, 2.45) is 0 Å². The summed E-state index contributed by atoms with van der Waals surface area (Å²) >= 11 is 1.37. The maximum absolute atomic E-state index is 13.8. The van der Waals surface area contributed by atoms with E-state index < -0.39 is 6.04 Å². The molecule has 0 radical (unpaired) electrons. The van der Waals surface area contributed by atoms with Gasteiger partial charge in [-0.25, -0.2) is 4.39 Å². The Balaban J connectivity index is 2.06. The zero-order valence-corrected chi connectivity index (χ0v) is 18.8. The summed E-state index contributed by atoms with van der Waals surface area (Å²) in [7, 11) is 0. The molecule has 30 heavy (non-hydrogen) atoms. The molecule has 162 valence electrons. The van der Waals surface area contributed by atoms with Crippen molar-refractivity contribution in [1.29, 1.82) is 0 Å². The fraction of sp³-hybridized carbons (Fsp3) is 0.417. The molecule has 6 heteroatoms. The maximum atomic E-state index is 13.8. The molecule has 2 aromatic rings. The Morgan fingerprint density at radius 1 is 1.07 bits per heavy atom. The van der Waals surface area contributed by atoms with Gasteiger partial charge in [0.05, 0.1) is 5.75 Å². The van der Waals surface area contributed by atoms with Crippen LogP contribution in [-0.4, -0.2) is 41.1 Å². The monoisotopic (exact) mass is 430 g/mol. The van der Waals surface area contributed by atoms with Crippen LogP contribution in [0.15, 0.2) is 54.6 Å². The van der Waals surface area contributed by atoms with E-state index in [9.17, 15) is 14.0 Å². The standard InChI is InChI=1S/C24H31FN2O2S/c1-4-22(24(29)26-18(2)3)27(15-14-19-10-6-5-7-11-19)23(28)17-30-16-20-12-8-9-13-21(20)25/h5-13,18,22H,4,14-17H2,1-3H3,(H,26,29)/t22-/m0/s1. The van der Waals surface area contributed by atoms with Crippen molar-refractivity contribution in [1.82, 2.24) is 10.2 Å². The molecule has 0 saturated heterocycles. The van der Waals surface area contributed by atoms with E-state index in [0.29, 0.717) is 30.7 Å². The molecule has 0 fully saturated rings. The number of carbonyl (C=O) groups is 2. The maximum Gasteiger partial charge on any atom is 0.242 e. The summed E-state index contributed by atoms with van der Waals surface area (Å²) in [5.74, 6) is 0.126. The minimum absolute atomic E-state index is 0.00746. The molecular formula is C24H31FN2O2S. The molecule has 0 spiro atoms. The van der Waals surface area contributed by atoms with Crippen molar-refractivity contribution in [2.75, 3.05) is 12.3 Å². The molecule has 0 aliphatic heterocycles. The second-order valence-electron chi connectivity index (χ2n) is 7.49. The first kappa shape index (κ1) is 23.9. The summed E-state index contributed by atoms with van der Waals surface area (Å²) in [6, 6.07) is 16.0. The van der Waals surface area contributed by atoms with Gasteiger partial charge < -0.3 is 10.2 Å². The summed E-state index contributed by atoms with van der Waals surface area (Å²) in [6.45, 7) is 6.20. The first-order valence-corrected chi connectivity index (χ1v) is 11.5. The van der Waals surface area contributed by atoms with Crippen molar-refractivity contribution in [3.63, 3.8) is 0 Å². The lowest BCUT2D eigenvalue weighted by Gasteiger charge is -2.31. The smallest absolute Gasteiger partial charge is 0.242 e. The lowest BCUT2D eigenvalue weighted by Crippen LogP contribution is -2.52. The van der Waals surface area contributed by atoms with Gasteiger partial charge in [-0.15, -0.1) is 11.8 Å². The van der Waals surface area contributed by atoms with Gasteiger partial charge in [-0.2, -0.15) is 0 Å². The van der Waals surface area contributed by atoms with E-state index in [1.54, 1.807) is 23.1 Å². The van der Waals surface area contributed by atoms with Gasteiger partial charge in [0.1, 0.15) is 11.9 Å². The molecule has 0 aliphatic rings. The number of halogens is 1. The highest BCUT2D eigenvalue weighted by molar-refractivity contribution is 7.99. The third kappa shape index (κ3) is 7.48. The van der Waals surface area contributed by atoms with E-state index in [2.05, 4.69) is 5.32 Å². The van der Waals surface area contributed by atoms with Crippen LogP contribution >= 0.6 is 11.8 Å². The molecule has 2 rings (SSSR count). The summed E-state index contributed by atoms with van der Waals surface area (Å²) < 4.78 is 13.8. The largest absolute Gasteiger partial charge is 0.352 e. The lowest BCUT2D eigenvalue weighted by molar-refractivity contribution is -0.139. The Morgan fingerprint density at radius 2 is 1.73 bits per heavy atom. The third-order valence-electron chi connectivity index (χ3n) is 4.74. The van der Waals surface area contributed by atoms with Crippen LogP contribution < -0.4 is 5.32 Å². The minimum atomic E-state index is -0.516. The number of benzene rings is 2. The summed E-state index contributed by atoms with van der Waals surface area (Å²) in [4.78, 5) is 27.5. The average Bonchev–Trinajstić information content (AvgIpc) is 2.72. The molecule has 1 N–H and O–H groups in total. The highest BCUT2D eigenvalue weighted by atomic mass is 32.2. The predicted molar refractivity (Wildman–Crippen MR) is 122 cm³/mol. The summed E-state index contributed by atoms with van der Waals surface area (Å²) in [5, 5.41) is 2.93. The van der Waals surface area contributed by atoms with E-state index in [0.717, 1.165) is 5.56 Å². The number of rotatable bonds is 11. The first-order chi connectivity index (χ1) is 14.4. The van der Waals surface area contributed by atoms with Crippen LogP contribution in [0.25, 0.3) is 0 Å². The van der Waals surface area contributed by atoms with Crippen molar-refractivity contribution >= 4 is 23.6 Å². The number of amides is 2. The van der Waals surface area contributed by atoms with E-state index in [4.69, 9.17) is 0 Å². The third-order valence-corrected chi connectivity index (χ3v) is 5.71. The molecular weight excluding hydrogens is 399 g/mol. The van der Waals surface area contributed by atoms with Crippen molar-refractivity contribution < 1.29 is 14.0 Å². The fourth-order valence-electron chi connectivity index (χ4n) is 3.22. The van der Waals surface area contributed by atoms with Crippen LogP contribution in [0.4, 0.5) is 4.39 Å².